The summed E-state index contributed by atoms with van der Waals surface area (Å²) >= 11 is 0. The maximum absolute atomic E-state index is 14.0. The number of rotatable bonds is 5. The molecule has 0 amide bonds. The summed E-state index contributed by atoms with van der Waals surface area (Å²) in [5.74, 6) is 1.03. The Morgan fingerprint density at radius 1 is 1.00 bits per heavy atom. The van der Waals surface area contributed by atoms with Gasteiger partial charge in [-0.25, -0.2) is 13.2 Å². The molecule has 1 aromatic heterocycles. The molecular weight excluding hydrogens is 427 g/mol. The predicted octanol–water partition coefficient (Wildman–Crippen LogP) is 1.50. The van der Waals surface area contributed by atoms with E-state index in [0.717, 1.165) is 63.0 Å². The smallest absolute Gasteiger partial charge is 0.168 e. The third-order valence-corrected chi connectivity index (χ3v) is 8.62. The van der Waals surface area contributed by atoms with Crippen molar-refractivity contribution < 1.29 is 17.9 Å². The molecule has 1 aromatic carbocycles. The van der Waals surface area contributed by atoms with Crippen molar-refractivity contribution in [3.05, 3.63) is 41.7 Å². The molecule has 1 N–H and O–H groups in total. The maximum atomic E-state index is 14.0. The quantitative estimate of drug-likeness (QED) is 0.549. The van der Waals surface area contributed by atoms with E-state index in [1.165, 1.54) is 0 Å². The summed E-state index contributed by atoms with van der Waals surface area (Å²) < 4.78 is 46.6. The highest BCUT2D eigenvalue weighted by molar-refractivity contribution is 6.40. The Kier molecular flexibility index (Phi) is 5.03. The minimum Gasteiger partial charge on any atom is -0.381 e. The second-order valence-electron chi connectivity index (χ2n) is 10.8. The molecule has 33 heavy (non-hydrogen) atoms. The van der Waals surface area contributed by atoms with E-state index in [4.69, 9.17) is 4.74 Å². The van der Waals surface area contributed by atoms with Crippen molar-refractivity contribution in [1.29, 1.82) is 0 Å². The van der Waals surface area contributed by atoms with Gasteiger partial charge in [0, 0.05) is 30.8 Å². The fourth-order valence-corrected chi connectivity index (χ4v) is 6.89. The molecule has 2 saturated heterocycles. The van der Waals surface area contributed by atoms with E-state index in [1.54, 1.807) is 12.1 Å². The van der Waals surface area contributed by atoms with E-state index in [0.29, 0.717) is 29.8 Å². The second kappa shape index (κ2) is 7.73. The minimum absolute atomic E-state index is 0.104. The molecule has 4 fully saturated rings. The zero-order valence-corrected chi connectivity index (χ0v) is 18.9. The summed E-state index contributed by atoms with van der Waals surface area (Å²) in [5.41, 5.74) is -0.121. The molecule has 0 spiro atoms. The van der Waals surface area contributed by atoms with Crippen molar-refractivity contribution in [2.24, 2.45) is 29.6 Å². The van der Waals surface area contributed by atoms with Gasteiger partial charge in [0.2, 0.25) is 0 Å². The maximum Gasteiger partial charge on any atom is 0.168 e. The third-order valence-electron chi connectivity index (χ3n) is 8.62. The second-order valence-corrected chi connectivity index (χ2v) is 10.8. The number of hydrogen-bond acceptors (Lipinski definition) is 5. The number of nitrogens with one attached hydrogen (secondary N) is 1. The summed E-state index contributed by atoms with van der Waals surface area (Å²) in [6.45, 7) is 4.15. The Balaban J connectivity index is 1.07. The molecule has 172 valence electrons. The highest BCUT2D eigenvalue weighted by Gasteiger charge is 2.62. The van der Waals surface area contributed by atoms with Crippen LogP contribution in [0.1, 0.15) is 12.8 Å². The van der Waals surface area contributed by atoms with Crippen LogP contribution < -0.4 is 5.32 Å². The van der Waals surface area contributed by atoms with E-state index in [9.17, 15) is 13.2 Å². The third kappa shape index (κ3) is 3.66. The van der Waals surface area contributed by atoms with E-state index < -0.39 is 17.5 Å². The number of nitrogens with zero attached hydrogens (tertiary/aromatic N) is 3. The normalized spacial score (nSPS) is 33.2. The van der Waals surface area contributed by atoms with Crippen LogP contribution in [0.3, 0.4) is 0 Å². The van der Waals surface area contributed by atoms with E-state index >= 15 is 0 Å². The van der Waals surface area contributed by atoms with Gasteiger partial charge in [0.25, 0.3) is 0 Å². The van der Waals surface area contributed by atoms with Gasteiger partial charge in [0.15, 0.2) is 11.6 Å². The summed E-state index contributed by atoms with van der Waals surface area (Å²) in [6, 6.07) is 5.02. The number of aromatic nitrogens is 2. The highest BCUT2D eigenvalue weighted by Crippen LogP contribution is 2.57. The van der Waals surface area contributed by atoms with E-state index in [2.05, 4.69) is 36.1 Å². The molecule has 1 unspecified atom stereocenters. The number of benzene rings is 1. The van der Waals surface area contributed by atoms with Gasteiger partial charge in [-0.05, 0) is 66.0 Å². The average Bonchev–Trinajstić information content (AvgIpc) is 3.11. The summed E-state index contributed by atoms with van der Waals surface area (Å²) in [7, 11) is 4.83. The Morgan fingerprint density at radius 3 is 2.33 bits per heavy atom. The molecule has 3 heterocycles. The van der Waals surface area contributed by atoms with Crippen LogP contribution in [0.25, 0.3) is 11.3 Å². The van der Waals surface area contributed by atoms with Crippen molar-refractivity contribution in [2.75, 3.05) is 31.6 Å². The lowest BCUT2D eigenvalue weighted by atomic mass is 9.56. The van der Waals surface area contributed by atoms with Gasteiger partial charge in [-0.3, -0.25) is 0 Å². The Morgan fingerprint density at radius 2 is 1.70 bits per heavy atom. The van der Waals surface area contributed by atoms with Gasteiger partial charge in [0.1, 0.15) is 27.3 Å². The number of likely N-dealkylation sites (tertiary alicyclic amines) is 1. The summed E-state index contributed by atoms with van der Waals surface area (Å²) in [5, 5.41) is 11.8. The van der Waals surface area contributed by atoms with Crippen LogP contribution in [0.4, 0.5) is 19.0 Å². The van der Waals surface area contributed by atoms with Crippen LogP contribution in [0.2, 0.25) is 0 Å². The molecule has 10 heteroatoms. The Hall–Kier alpha value is -2.06. The SMILES string of the molecule is BC(B)(C1[C@H]2COC[C@@H]12)N1C[C@H]2C[C@H](Nc3ccc(-c4cc(F)cc(F)c4F)nn3)C[C@H]2C1. The topological polar surface area (TPSA) is 50.3 Å². The van der Waals surface area contributed by atoms with Gasteiger partial charge in [-0.15, -0.1) is 10.2 Å². The van der Waals surface area contributed by atoms with Crippen LogP contribution in [-0.4, -0.2) is 68.5 Å². The standard InChI is InChI=1S/C23H27B2F3N4O/c24-23(25,21-16-9-33-10-17(16)21)32-7-11-3-14(4-12(11)8-32)29-20-2-1-19(30-31-20)15-5-13(26)6-18(27)22(15)28/h1-2,5-6,11-12,14,16-17,21H,3-4,7-10,24-25H2,(H,29,31)/t11-,12+,14+,16-,17+,21?. The predicted molar refractivity (Wildman–Crippen MR) is 124 cm³/mol. The fourth-order valence-electron chi connectivity index (χ4n) is 6.89. The summed E-state index contributed by atoms with van der Waals surface area (Å²) in [6.07, 6.45) is 2.18. The molecular formula is C23H27B2F3N4O. The first-order chi connectivity index (χ1) is 15.8. The van der Waals surface area contributed by atoms with Crippen molar-refractivity contribution in [2.45, 2.75) is 24.2 Å². The molecule has 2 aliphatic carbocycles. The number of ether oxygens (including phenoxy) is 1. The van der Waals surface area contributed by atoms with Crippen LogP contribution in [0.15, 0.2) is 24.3 Å². The molecule has 2 aromatic rings. The van der Waals surface area contributed by atoms with Gasteiger partial charge < -0.3 is 15.0 Å². The van der Waals surface area contributed by atoms with Gasteiger partial charge in [-0.2, -0.15) is 0 Å². The highest BCUT2D eigenvalue weighted by atomic mass is 19.2. The van der Waals surface area contributed by atoms with Gasteiger partial charge in [-0.1, -0.05) is 0 Å². The van der Waals surface area contributed by atoms with E-state index in [-0.39, 0.29) is 16.6 Å². The monoisotopic (exact) mass is 454 g/mol. The molecule has 6 rings (SSSR count). The lowest BCUT2D eigenvalue weighted by Crippen LogP contribution is -2.52. The van der Waals surface area contributed by atoms with Crippen molar-refractivity contribution in [3.63, 3.8) is 0 Å². The van der Waals surface area contributed by atoms with Gasteiger partial charge in [0.05, 0.1) is 18.9 Å². The van der Waals surface area contributed by atoms with Crippen LogP contribution >= 0.6 is 0 Å². The van der Waals surface area contributed by atoms with Crippen molar-refractivity contribution in [3.8, 4) is 11.3 Å². The van der Waals surface area contributed by atoms with E-state index in [1.807, 2.05) is 0 Å². The molecule has 5 nitrogen and oxygen atoms in total. The Bertz CT molecular complexity index is 1050. The molecule has 6 atom stereocenters. The van der Waals surface area contributed by atoms with Gasteiger partial charge >= 0.3 is 0 Å². The van der Waals surface area contributed by atoms with Crippen LogP contribution in [0.5, 0.6) is 0 Å². The molecule has 2 saturated carbocycles. The minimum atomic E-state index is -1.23. The molecule has 0 radical (unpaired) electrons. The first-order valence-electron chi connectivity index (χ1n) is 11.9. The molecule has 4 aliphatic rings. The lowest BCUT2D eigenvalue weighted by Gasteiger charge is -2.39. The zero-order valence-electron chi connectivity index (χ0n) is 18.9. The van der Waals surface area contributed by atoms with Crippen molar-refractivity contribution in [1.82, 2.24) is 15.1 Å². The number of hydrogen-bond donors (Lipinski definition) is 1. The fraction of sp³-hybridized carbons (Fsp3) is 0.565. The van der Waals surface area contributed by atoms with Crippen LogP contribution in [0, 0.1) is 47.0 Å². The number of anilines is 1. The Labute approximate surface area is 193 Å². The molecule has 2 aliphatic heterocycles. The summed E-state index contributed by atoms with van der Waals surface area (Å²) in [4.78, 5) is 2.71. The first-order valence-corrected chi connectivity index (χ1v) is 11.9. The van der Waals surface area contributed by atoms with Crippen LogP contribution in [-0.2, 0) is 4.74 Å². The first kappa shape index (κ1) is 21.5. The number of halogens is 3. The zero-order chi connectivity index (χ0) is 22.9. The number of fused-ring (bicyclic) bond motifs is 2. The largest absolute Gasteiger partial charge is 0.381 e. The van der Waals surface area contributed by atoms with Crippen molar-refractivity contribution >= 4 is 21.5 Å². The lowest BCUT2D eigenvalue weighted by molar-refractivity contribution is 0.125. The molecule has 0 bridgehead atoms. The average molecular weight is 454 g/mol.